The van der Waals surface area contributed by atoms with Gasteiger partial charge in [0.15, 0.2) is 0 Å². The van der Waals surface area contributed by atoms with Gasteiger partial charge >= 0.3 is 0 Å². The maximum Gasteiger partial charge on any atom is 0.204 e. The van der Waals surface area contributed by atoms with E-state index in [0.29, 0.717) is 22.0 Å². The molecule has 1 aliphatic heterocycles. The fourth-order valence-electron chi connectivity index (χ4n) is 1.74. The monoisotopic (exact) mass is 238 g/mol. The molecule has 0 saturated heterocycles. The van der Waals surface area contributed by atoms with Gasteiger partial charge in [-0.3, -0.25) is 0 Å². The summed E-state index contributed by atoms with van der Waals surface area (Å²) in [7, 11) is 0.357. The number of hydrogen-bond acceptors (Lipinski definition) is 4. The molecule has 1 aromatic rings. The van der Waals surface area contributed by atoms with Crippen LogP contribution in [-0.4, -0.2) is 34.0 Å². The Morgan fingerprint density at radius 2 is 2.00 bits per heavy atom. The molecule has 0 unspecified atom stereocenters. The summed E-state index contributed by atoms with van der Waals surface area (Å²) < 4.78 is 24.2. The summed E-state index contributed by atoms with van der Waals surface area (Å²) in [6, 6.07) is 4.97. The highest BCUT2D eigenvalue weighted by Gasteiger charge is 2.29. The lowest BCUT2D eigenvalue weighted by Crippen LogP contribution is -2.18. The smallest absolute Gasteiger partial charge is 0.204 e. The second-order valence-corrected chi connectivity index (χ2v) is 6.12. The largest absolute Gasteiger partial charge is 0.399 e. The second kappa shape index (κ2) is 3.61. The maximum atomic E-state index is 12.1. The number of fused-ring (bicyclic) bond motifs is 1. The highest BCUT2D eigenvalue weighted by molar-refractivity contribution is 7.95. The predicted molar refractivity (Wildman–Crippen MR) is 64.6 cm³/mol. The van der Waals surface area contributed by atoms with Gasteiger partial charge in [0.1, 0.15) is 0 Å². The van der Waals surface area contributed by atoms with E-state index in [9.17, 15) is 8.42 Å². The molecule has 0 spiro atoms. The predicted octanol–water partition coefficient (Wildman–Crippen LogP) is 0.959. The van der Waals surface area contributed by atoms with Crippen LogP contribution in [0.25, 0.3) is 6.08 Å². The Bertz CT molecular complexity index is 559. The molecule has 1 heterocycles. The third kappa shape index (κ3) is 1.72. The Hall–Kier alpha value is -1.33. The van der Waals surface area contributed by atoms with Crippen molar-refractivity contribution in [3.05, 3.63) is 28.7 Å². The molecule has 0 atom stereocenters. The van der Waals surface area contributed by atoms with Crippen molar-refractivity contribution in [2.75, 3.05) is 26.4 Å². The van der Waals surface area contributed by atoms with Crippen LogP contribution in [0.3, 0.4) is 0 Å². The maximum absolute atomic E-state index is 12.1. The third-order valence-electron chi connectivity index (χ3n) is 2.46. The molecular formula is C11H14N2O2S. The van der Waals surface area contributed by atoms with Crippen molar-refractivity contribution in [2.24, 2.45) is 0 Å². The zero-order valence-corrected chi connectivity index (χ0v) is 10.1. The van der Waals surface area contributed by atoms with Crippen molar-refractivity contribution < 1.29 is 8.42 Å². The highest BCUT2D eigenvalue weighted by Crippen LogP contribution is 2.33. The van der Waals surface area contributed by atoms with Crippen LogP contribution in [-0.2, 0) is 9.84 Å². The molecule has 0 aromatic heterocycles. The second-order valence-electron chi connectivity index (χ2n) is 4.15. The van der Waals surface area contributed by atoms with Gasteiger partial charge in [-0.15, -0.1) is 0 Å². The number of benzene rings is 1. The summed E-state index contributed by atoms with van der Waals surface area (Å²) in [4.78, 5) is 2.58. The molecule has 0 bridgehead atoms. The first kappa shape index (κ1) is 11.2. The lowest BCUT2D eigenvalue weighted by molar-refractivity contribution is 0.451. The lowest BCUT2D eigenvalue weighted by atomic mass is 10.2. The molecule has 0 saturated carbocycles. The van der Waals surface area contributed by atoms with Crippen molar-refractivity contribution in [3.8, 4) is 0 Å². The van der Waals surface area contributed by atoms with Gasteiger partial charge in [0, 0.05) is 12.2 Å². The molecule has 86 valence electrons. The average Bonchev–Trinajstić information content (AvgIpc) is 2.40. The van der Waals surface area contributed by atoms with Crippen molar-refractivity contribution >= 4 is 21.6 Å². The molecule has 16 heavy (non-hydrogen) atoms. The zero-order valence-electron chi connectivity index (χ0n) is 9.27. The first-order valence-corrected chi connectivity index (χ1v) is 6.39. The Kier molecular flexibility index (Phi) is 2.52. The van der Waals surface area contributed by atoms with Gasteiger partial charge in [-0.05, 0) is 37.9 Å². The topological polar surface area (TPSA) is 63.4 Å². The molecule has 4 nitrogen and oxygen atoms in total. The van der Waals surface area contributed by atoms with Gasteiger partial charge in [-0.2, -0.15) is 0 Å². The molecule has 2 rings (SSSR count). The van der Waals surface area contributed by atoms with Crippen LogP contribution in [0.4, 0.5) is 5.69 Å². The number of rotatable bonds is 2. The standard InChI is InChI=1S/C11H14N2O2S/c1-13(2)7-10-5-8-3-4-9(12)6-11(8)16(10,14)15/h3-6H,7,12H2,1-2H3. The van der Waals surface area contributed by atoms with Gasteiger partial charge < -0.3 is 10.6 Å². The van der Waals surface area contributed by atoms with Crippen LogP contribution in [0.15, 0.2) is 28.0 Å². The third-order valence-corrected chi connectivity index (χ3v) is 4.33. The van der Waals surface area contributed by atoms with Crippen LogP contribution in [0.2, 0.25) is 0 Å². The van der Waals surface area contributed by atoms with Crippen molar-refractivity contribution in [3.63, 3.8) is 0 Å². The van der Waals surface area contributed by atoms with Crippen molar-refractivity contribution in [1.29, 1.82) is 0 Å². The van der Waals surface area contributed by atoms with Crippen molar-refractivity contribution in [1.82, 2.24) is 4.90 Å². The minimum Gasteiger partial charge on any atom is -0.399 e. The van der Waals surface area contributed by atoms with Crippen molar-refractivity contribution in [2.45, 2.75) is 4.90 Å². The molecule has 1 aromatic carbocycles. The number of hydrogen-bond donors (Lipinski definition) is 1. The number of sulfone groups is 1. The number of anilines is 1. The summed E-state index contributed by atoms with van der Waals surface area (Å²) >= 11 is 0. The minimum absolute atomic E-state index is 0.323. The molecule has 2 N–H and O–H groups in total. The Morgan fingerprint density at radius 3 is 2.62 bits per heavy atom. The quantitative estimate of drug-likeness (QED) is 0.779. The number of nitrogens with zero attached hydrogens (tertiary/aromatic N) is 1. The molecule has 0 amide bonds. The van der Waals surface area contributed by atoms with E-state index in [0.717, 1.165) is 5.56 Å². The van der Waals surface area contributed by atoms with E-state index >= 15 is 0 Å². The summed E-state index contributed by atoms with van der Waals surface area (Å²) in [6.45, 7) is 0.414. The summed E-state index contributed by atoms with van der Waals surface area (Å²) in [6.07, 6.45) is 1.71. The lowest BCUT2D eigenvalue weighted by Gasteiger charge is -2.10. The van der Waals surface area contributed by atoms with E-state index in [4.69, 9.17) is 5.73 Å². The SMILES string of the molecule is CN(C)CC1=Cc2ccc(N)cc2S1(=O)=O. The van der Waals surface area contributed by atoms with E-state index < -0.39 is 9.84 Å². The van der Waals surface area contributed by atoms with Crippen LogP contribution in [0.5, 0.6) is 0 Å². The summed E-state index contributed by atoms with van der Waals surface area (Å²) in [5.74, 6) is 0. The van der Waals surface area contributed by atoms with Crippen LogP contribution >= 0.6 is 0 Å². The molecule has 0 fully saturated rings. The van der Waals surface area contributed by atoms with E-state index in [1.165, 1.54) is 6.07 Å². The first-order chi connectivity index (χ1) is 7.41. The average molecular weight is 238 g/mol. The zero-order chi connectivity index (χ0) is 11.9. The fraction of sp³-hybridized carbons (Fsp3) is 0.273. The first-order valence-electron chi connectivity index (χ1n) is 4.91. The van der Waals surface area contributed by atoms with Crippen LogP contribution in [0, 0.1) is 0 Å². The van der Waals surface area contributed by atoms with Gasteiger partial charge in [0.2, 0.25) is 9.84 Å². The van der Waals surface area contributed by atoms with E-state index in [1.54, 1.807) is 18.2 Å². The van der Waals surface area contributed by atoms with E-state index in [1.807, 2.05) is 19.0 Å². The summed E-state index contributed by atoms with van der Waals surface area (Å²) in [5.41, 5.74) is 6.80. The highest BCUT2D eigenvalue weighted by atomic mass is 32.2. The summed E-state index contributed by atoms with van der Waals surface area (Å²) in [5, 5.41) is 0. The van der Waals surface area contributed by atoms with Crippen LogP contribution in [0.1, 0.15) is 5.56 Å². The van der Waals surface area contributed by atoms with Gasteiger partial charge in [0.25, 0.3) is 0 Å². The van der Waals surface area contributed by atoms with Gasteiger partial charge in [-0.1, -0.05) is 6.07 Å². The molecule has 0 aliphatic carbocycles. The molecule has 5 heteroatoms. The van der Waals surface area contributed by atoms with E-state index in [2.05, 4.69) is 0 Å². The fourth-order valence-corrected chi connectivity index (χ4v) is 3.46. The van der Waals surface area contributed by atoms with E-state index in [-0.39, 0.29) is 0 Å². The van der Waals surface area contributed by atoms with Gasteiger partial charge in [0.05, 0.1) is 9.80 Å². The van der Waals surface area contributed by atoms with Crippen LogP contribution < -0.4 is 5.73 Å². The Balaban J connectivity index is 2.52. The minimum atomic E-state index is -3.32. The van der Waals surface area contributed by atoms with Gasteiger partial charge in [-0.25, -0.2) is 8.42 Å². The Labute approximate surface area is 95.3 Å². The molecular weight excluding hydrogens is 224 g/mol. The molecule has 0 radical (unpaired) electrons. The Morgan fingerprint density at radius 1 is 1.31 bits per heavy atom. The number of likely N-dealkylation sites (N-methyl/N-ethyl adjacent to an activating group) is 1. The molecule has 1 aliphatic rings. The number of nitrogen functional groups attached to an aromatic ring is 1. The number of nitrogens with two attached hydrogens (primary N) is 1. The normalized spacial score (nSPS) is 17.3.